The number of nitrogens with one attached hydrogen (secondary N) is 3. The van der Waals surface area contributed by atoms with Gasteiger partial charge in [0, 0.05) is 13.1 Å². The number of hydrogen-bond acceptors (Lipinski definition) is 6. The van der Waals surface area contributed by atoms with Gasteiger partial charge >= 0.3 is 18.3 Å². The Kier molecular flexibility index (Phi) is 8.62. The van der Waals surface area contributed by atoms with E-state index in [1.807, 2.05) is 24.3 Å². The number of carbonyl (C=O) groups excluding carboxylic acids is 3. The third-order valence-corrected chi connectivity index (χ3v) is 3.08. The van der Waals surface area contributed by atoms with Crippen molar-refractivity contribution in [2.75, 3.05) is 20.8 Å². The Morgan fingerprint density at radius 2 is 1.44 bits per heavy atom. The van der Waals surface area contributed by atoms with E-state index in [1.165, 1.54) is 14.2 Å². The highest BCUT2D eigenvalue weighted by Gasteiger charge is 2.10. The van der Waals surface area contributed by atoms with Crippen LogP contribution in [0.2, 0.25) is 0 Å². The Hall–Kier alpha value is -2.97. The smallest absolute Gasteiger partial charge is 0.407 e. The average Bonchev–Trinajstić information content (AvgIpc) is 2.62. The summed E-state index contributed by atoms with van der Waals surface area (Å²) in [5, 5.41) is 7.63. The van der Waals surface area contributed by atoms with Crippen LogP contribution in [0.4, 0.5) is 14.4 Å². The molecule has 9 heteroatoms. The van der Waals surface area contributed by atoms with E-state index in [9.17, 15) is 14.4 Å². The first kappa shape index (κ1) is 20.1. The van der Waals surface area contributed by atoms with E-state index in [4.69, 9.17) is 4.74 Å². The Morgan fingerprint density at radius 1 is 0.920 bits per heavy atom. The van der Waals surface area contributed by atoms with Gasteiger partial charge < -0.3 is 30.2 Å². The Morgan fingerprint density at radius 3 is 2.00 bits per heavy atom. The molecule has 0 saturated carbocycles. The van der Waals surface area contributed by atoms with Gasteiger partial charge in [-0.05, 0) is 18.1 Å². The minimum atomic E-state index is -0.600. The molecule has 138 valence electrons. The second kappa shape index (κ2) is 10.7. The molecule has 1 rings (SSSR count). The normalized spacial score (nSPS) is 11.0. The van der Waals surface area contributed by atoms with Gasteiger partial charge in [0.2, 0.25) is 0 Å². The average molecular weight is 353 g/mol. The van der Waals surface area contributed by atoms with Gasteiger partial charge in [-0.15, -0.1) is 0 Å². The molecule has 0 heterocycles. The fraction of sp³-hybridized carbons (Fsp3) is 0.438. The fourth-order valence-electron chi connectivity index (χ4n) is 1.84. The molecule has 0 radical (unpaired) electrons. The van der Waals surface area contributed by atoms with Crippen molar-refractivity contribution < 1.29 is 28.6 Å². The summed E-state index contributed by atoms with van der Waals surface area (Å²) in [4.78, 5) is 33.7. The molecule has 0 aromatic heterocycles. The Balaban J connectivity index is 2.37. The van der Waals surface area contributed by atoms with Crippen molar-refractivity contribution in [1.82, 2.24) is 16.0 Å². The van der Waals surface area contributed by atoms with Crippen molar-refractivity contribution in [1.29, 1.82) is 0 Å². The topological polar surface area (TPSA) is 115 Å². The van der Waals surface area contributed by atoms with Crippen molar-refractivity contribution in [2.45, 2.75) is 26.1 Å². The number of ether oxygens (including phenoxy) is 3. The molecule has 0 aliphatic heterocycles. The van der Waals surface area contributed by atoms with Crippen LogP contribution in [0.3, 0.4) is 0 Å². The minimum absolute atomic E-state index is 0.148. The van der Waals surface area contributed by atoms with Gasteiger partial charge in [0.25, 0.3) is 0 Å². The number of rotatable bonds is 7. The highest BCUT2D eigenvalue weighted by molar-refractivity contribution is 5.68. The fourth-order valence-corrected chi connectivity index (χ4v) is 1.84. The van der Waals surface area contributed by atoms with Gasteiger partial charge in [0.1, 0.15) is 6.10 Å². The SMILES string of the molecule is COC(=O)NCc1cccc(CNC(=O)OC(C)CNC(=O)OC)c1. The molecule has 1 aromatic carbocycles. The second-order valence-electron chi connectivity index (χ2n) is 5.11. The summed E-state index contributed by atoms with van der Waals surface area (Å²) in [5.41, 5.74) is 1.72. The van der Waals surface area contributed by atoms with Crippen molar-refractivity contribution in [2.24, 2.45) is 0 Å². The van der Waals surface area contributed by atoms with Crippen LogP contribution in [-0.2, 0) is 27.3 Å². The van der Waals surface area contributed by atoms with E-state index < -0.39 is 24.4 Å². The molecule has 25 heavy (non-hydrogen) atoms. The van der Waals surface area contributed by atoms with Gasteiger partial charge in [0.05, 0.1) is 20.8 Å². The predicted octanol–water partition coefficient (Wildman–Crippen LogP) is 1.51. The molecule has 1 aromatic rings. The van der Waals surface area contributed by atoms with Gasteiger partial charge in [-0.25, -0.2) is 14.4 Å². The zero-order valence-corrected chi connectivity index (χ0v) is 14.5. The van der Waals surface area contributed by atoms with Gasteiger partial charge in [-0.1, -0.05) is 24.3 Å². The molecule has 0 aliphatic rings. The third-order valence-electron chi connectivity index (χ3n) is 3.08. The number of methoxy groups -OCH3 is 2. The monoisotopic (exact) mass is 353 g/mol. The summed E-state index contributed by atoms with van der Waals surface area (Å²) >= 11 is 0. The maximum atomic E-state index is 11.7. The molecule has 3 N–H and O–H groups in total. The van der Waals surface area contributed by atoms with Crippen molar-refractivity contribution in [3.05, 3.63) is 35.4 Å². The summed E-state index contributed by atoms with van der Waals surface area (Å²) in [6.45, 7) is 2.38. The summed E-state index contributed by atoms with van der Waals surface area (Å²) in [6.07, 6.45) is -2.21. The number of benzene rings is 1. The molecule has 0 spiro atoms. The van der Waals surface area contributed by atoms with Gasteiger partial charge in [-0.3, -0.25) is 0 Å². The molecular weight excluding hydrogens is 330 g/mol. The Bertz CT molecular complexity index is 593. The molecular formula is C16H23N3O6. The number of alkyl carbamates (subject to hydrolysis) is 3. The zero-order chi connectivity index (χ0) is 18.7. The number of carbonyl (C=O) groups is 3. The van der Waals surface area contributed by atoms with Gasteiger partial charge in [0.15, 0.2) is 0 Å². The molecule has 1 unspecified atom stereocenters. The van der Waals surface area contributed by atoms with Crippen LogP contribution in [0.5, 0.6) is 0 Å². The van der Waals surface area contributed by atoms with Gasteiger partial charge in [-0.2, -0.15) is 0 Å². The molecule has 9 nitrogen and oxygen atoms in total. The van der Waals surface area contributed by atoms with Crippen LogP contribution in [0.25, 0.3) is 0 Å². The summed E-state index contributed by atoms with van der Waals surface area (Å²) in [6, 6.07) is 7.35. The first-order valence-corrected chi connectivity index (χ1v) is 7.60. The lowest BCUT2D eigenvalue weighted by molar-refractivity contribution is 0.102. The van der Waals surface area contributed by atoms with E-state index >= 15 is 0 Å². The van der Waals surface area contributed by atoms with Crippen LogP contribution in [0.15, 0.2) is 24.3 Å². The third kappa shape index (κ3) is 8.45. The lowest BCUT2D eigenvalue weighted by Gasteiger charge is -2.14. The standard InChI is InChI=1S/C16H23N3O6/c1-11(8-17-14(20)23-2)25-16(22)19-10-13-6-4-5-12(7-13)9-18-15(21)24-3/h4-7,11H,8-10H2,1-3H3,(H,17,20)(H,18,21)(H,19,22). The Labute approximate surface area is 146 Å². The highest BCUT2D eigenvalue weighted by atomic mass is 16.6. The lowest BCUT2D eigenvalue weighted by atomic mass is 10.1. The first-order chi connectivity index (χ1) is 11.9. The highest BCUT2D eigenvalue weighted by Crippen LogP contribution is 2.05. The van der Waals surface area contributed by atoms with Crippen LogP contribution in [0, 0.1) is 0 Å². The molecule has 3 amide bonds. The van der Waals surface area contributed by atoms with E-state index in [0.29, 0.717) is 6.54 Å². The van der Waals surface area contributed by atoms with Crippen LogP contribution in [0.1, 0.15) is 18.1 Å². The second-order valence-corrected chi connectivity index (χ2v) is 5.11. The van der Waals surface area contributed by atoms with Crippen LogP contribution in [-0.4, -0.2) is 45.1 Å². The zero-order valence-electron chi connectivity index (χ0n) is 14.5. The van der Waals surface area contributed by atoms with Crippen molar-refractivity contribution in [3.63, 3.8) is 0 Å². The first-order valence-electron chi connectivity index (χ1n) is 7.60. The molecule has 0 saturated heterocycles. The number of amides is 3. The molecule has 0 fully saturated rings. The lowest BCUT2D eigenvalue weighted by Crippen LogP contribution is -2.35. The summed E-state index contributed by atoms with van der Waals surface area (Å²) in [5.74, 6) is 0. The van der Waals surface area contributed by atoms with E-state index in [1.54, 1.807) is 6.92 Å². The minimum Gasteiger partial charge on any atom is -0.453 e. The molecule has 1 atom stereocenters. The molecule has 0 aliphatic carbocycles. The maximum Gasteiger partial charge on any atom is 0.407 e. The van der Waals surface area contributed by atoms with E-state index in [2.05, 4.69) is 25.4 Å². The van der Waals surface area contributed by atoms with Crippen LogP contribution >= 0.6 is 0 Å². The predicted molar refractivity (Wildman–Crippen MR) is 88.9 cm³/mol. The molecule has 0 bridgehead atoms. The largest absolute Gasteiger partial charge is 0.453 e. The van der Waals surface area contributed by atoms with Crippen molar-refractivity contribution >= 4 is 18.3 Å². The van der Waals surface area contributed by atoms with E-state index in [0.717, 1.165) is 11.1 Å². The maximum absolute atomic E-state index is 11.7. The van der Waals surface area contributed by atoms with Crippen molar-refractivity contribution in [3.8, 4) is 0 Å². The summed E-state index contributed by atoms with van der Waals surface area (Å²) < 4.78 is 14.0. The quantitative estimate of drug-likeness (QED) is 0.640. The van der Waals surface area contributed by atoms with E-state index in [-0.39, 0.29) is 13.1 Å². The number of hydrogen-bond donors (Lipinski definition) is 3. The van der Waals surface area contributed by atoms with Crippen LogP contribution < -0.4 is 16.0 Å². The summed E-state index contributed by atoms with van der Waals surface area (Å²) in [7, 11) is 2.55.